The van der Waals surface area contributed by atoms with E-state index in [2.05, 4.69) is 45.4 Å². The number of allylic oxidation sites excluding steroid dienone is 3. The fourth-order valence-electron chi connectivity index (χ4n) is 2.96. The van der Waals surface area contributed by atoms with Gasteiger partial charge < -0.3 is 0 Å². The quantitative estimate of drug-likeness (QED) is 0.714. The normalized spacial score (nSPS) is 23.3. The van der Waals surface area contributed by atoms with E-state index in [9.17, 15) is 0 Å². The van der Waals surface area contributed by atoms with Gasteiger partial charge in [0.2, 0.25) is 0 Å². The van der Waals surface area contributed by atoms with Gasteiger partial charge in [0.1, 0.15) is 0 Å². The van der Waals surface area contributed by atoms with Crippen LogP contribution < -0.4 is 4.74 Å². The summed E-state index contributed by atoms with van der Waals surface area (Å²) in [5.41, 5.74) is 5.94. The zero-order valence-corrected chi connectivity index (χ0v) is 12.7. The van der Waals surface area contributed by atoms with Gasteiger partial charge in [-0.15, -0.1) is 0 Å². The Hall–Kier alpha value is -0.903. The van der Waals surface area contributed by atoms with Crippen molar-refractivity contribution in [2.24, 2.45) is 0 Å². The molecule has 0 bridgehead atoms. The predicted molar refractivity (Wildman–Crippen MR) is 81.7 cm³/mol. The SMILES string of the molecule is [Li][C]1(C)C(C)=C(C)C(C)=C1CCOc1ccccc1. The van der Waals surface area contributed by atoms with Crippen molar-refractivity contribution in [3.63, 3.8) is 0 Å². The Morgan fingerprint density at radius 1 is 1.05 bits per heavy atom. The number of rotatable bonds is 4. The Labute approximate surface area is 125 Å². The van der Waals surface area contributed by atoms with Gasteiger partial charge in [-0.05, 0) is 0 Å². The summed E-state index contributed by atoms with van der Waals surface area (Å²) in [5.74, 6) is 0.956. The summed E-state index contributed by atoms with van der Waals surface area (Å²) in [6.45, 7) is 9.80. The molecule has 2 heteroatoms. The van der Waals surface area contributed by atoms with Gasteiger partial charge in [-0.2, -0.15) is 0 Å². The molecule has 96 valence electrons. The van der Waals surface area contributed by atoms with Crippen LogP contribution in [0.4, 0.5) is 0 Å². The minimum atomic E-state index is 0.189. The van der Waals surface area contributed by atoms with Crippen molar-refractivity contribution in [3.05, 3.63) is 52.6 Å². The van der Waals surface area contributed by atoms with Crippen molar-refractivity contribution in [2.45, 2.75) is 38.2 Å². The molecule has 0 saturated carbocycles. The molecule has 0 aliphatic heterocycles. The minimum absolute atomic E-state index is 0.189. The van der Waals surface area contributed by atoms with E-state index in [4.69, 9.17) is 4.74 Å². The predicted octanol–water partition coefficient (Wildman–Crippen LogP) is 4.47. The summed E-state index contributed by atoms with van der Waals surface area (Å²) >= 11 is 2.32. The van der Waals surface area contributed by atoms with Crippen LogP contribution in [-0.4, -0.2) is 24.3 Å². The van der Waals surface area contributed by atoms with Gasteiger partial charge in [-0.1, -0.05) is 0 Å². The van der Waals surface area contributed by atoms with E-state index in [0.29, 0.717) is 0 Å². The van der Waals surface area contributed by atoms with E-state index >= 15 is 0 Å². The summed E-state index contributed by atoms with van der Waals surface area (Å²) in [4.78, 5) is 0. The van der Waals surface area contributed by atoms with Crippen molar-refractivity contribution < 1.29 is 4.74 Å². The molecule has 19 heavy (non-hydrogen) atoms. The summed E-state index contributed by atoms with van der Waals surface area (Å²) in [6, 6.07) is 10.0. The Morgan fingerprint density at radius 2 is 1.68 bits per heavy atom. The van der Waals surface area contributed by atoms with Crippen LogP contribution in [0.3, 0.4) is 0 Å². The van der Waals surface area contributed by atoms with E-state index < -0.39 is 0 Å². The van der Waals surface area contributed by atoms with Gasteiger partial charge in [0.05, 0.1) is 0 Å². The van der Waals surface area contributed by atoms with Crippen LogP contribution in [0.5, 0.6) is 5.75 Å². The van der Waals surface area contributed by atoms with Gasteiger partial charge in [0.25, 0.3) is 0 Å². The molecule has 0 fully saturated rings. The molecule has 2 rings (SSSR count). The van der Waals surface area contributed by atoms with Crippen LogP contribution in [0, 0.1) is 0 Å². The van der Waals surface area contributed by atoms with E-state index in [0.717, 1.165) is 18.8 Å². The van der Waals surface area contributed by atoms with Crippen LogP contribution in [0.25, 0.3) is 0 Å². The Bertz CT molecular complexity index is 523. The van der Waals surface area contributed by atoms with Crippen molar-refractivity contribution in [3.8, 4) is 5.75 Å². The third kappa shape index (κ3) is 2.83. The molecule has 1 unspecified atom stereocenters. The first-order valence-corrected chi connectivity index (χ1v) is 7.01. The van der Waals surface area contributed by atoms with Crippen LogP contribution in [0.2, 0.25) is 4.09 Å². The fourth-order valence-corrected chi connectivity index (χ4v) is 2.96. The molecule has 0 radical (unpaired) electrons. The van der Waals surface area contributed by atoms with E-state index in [1.165, 1.54) is 22.3 Å². The van der Waals surface area contributed by atoms with E-state index in [1.54, 1.807) is 0 Å². The molecule has 1 nitrogen and oxygen atoms in total. The average Bonchev–Trinajstić information content (AvgIpc) is 2.54. The van der Waals surface area contributed by atoms with Gasteiger partial charge in [0, 0.05) is 0 Å². The number of hydrogen-bond acceptors (Lipinski definition) is 1. The Morgan fingerprint density at radius 3 is 2.21 bits per heavy atom. The van der Waals surface area contributed by atoms with Crippen molar-refractivity contribution in [1.29, 1.82) is 0 Å². The maximum atomic E-state index is 5.83. The molecule has 1 atom stereocenters. The molecular weight excluding hydrogens is 227 g/mol. The van der Waals surface area contributed by atoms with Crippen molar-refractivity contribution in [1.82, 2.24) is 0 Å². The fraction of sp³-hybridized carbons (Fsp3) is 0.412. The second kappa shape index (κ2) is 5.61. The van der Waals surface area contributed by atoms with Crippen LogP contribution in [0.15, 0.2) is 52.6 Å². The molecular formula is C17H21LiO. The number of ether oxygens (including phenoxy) is 1. The van der Waals surface area contributed by atoms with E-state index in [1.807, 2.05) is 30.3 Å². The molecule has 0 N–H and O–H groups in total. The number of benzene rings is 1. The topological polar surface area (TPSA) is 9.23 Å². The first-order chi connectivity index (χ1) is 8.94. The van der Waals surface area contributed by atoms with Crippen molar-refractivity contribution in [2.75, 3.05) is 6.61 Å². The van der Waals surface area contributed by atoms with E-state index in [-0.39, 0.29) is 4.09 Å². The molecule has 0 aromatic heterocycles. The monoisotopic (exact) mass is 248 g/mol. The third-order valence-electron chi connectivity index (χ3n) is 4.63. The Balaban J connectivity index is 2.01. The molecule has 0 saturated heterocycles. The number of para-hydroxylation sites is 1. The summed E-state index contributed by atoms with van der Waals surface area (Å²) in [5, 5.41) is 0. The average molecular weight is 248 g/mol. The molecule has 0 spiro atoms. The van der Waals surface area contributed by atoms with Gasteiger partial charge in [-0.25, -0.2) is 0 Å². The molecule has 0 amide bonds. The molecule has 1 aromatic rings. The first kappa shape index (κ1) is 14.5. The third-order valence-corrected chi connectivity index (χ3v) is 4.63. The van der Waals surface area contributed by atoms with Crippen LogP contribution in [-0.2, 0) is 0 Å². The molecule has 1 aliphatic carbocycles. The molecule has 1 aliphatic rings. The molecule has 0 heterocycles. The maximum absolute atomic E-state index is 5.83. The Kier molecular flexibility index (Phi) is 4.28. The van der Waals surface area contributed by atoms with Crippen LogP contribution >= 0.6 is 0 Å². The van der Waals surface area contributed by atoms with Gasteiger partial charge in [-0.3, -0.25) is 0 Å². The van der Waals surface area contributed by atoms with Crippen molar-refractivity contribution >= 4 is 17.7 Å². The molecule has 1 aromatic carbocycles. The summed E-state index contributed by atoms with van der Waals surface area (Å²) < 4.78 is 6.02. The summed E-state index contributed by atoms with van der Waals surface area (Å²) in [7, 11) is 0. The first-order valence-electron chi connectivity index (χ1n) is 7.01. The van der Waals surface area contributed by atoms with Crippen LogP contribution in [0.1, 0.15) is 34.1 Å². The zero-order valence-electron chi connectivity index (χ0n) is 12.7. The van der Waals surface area contributed by atoms with Gasteiger partial charge >= 0.3 is 126 Å². The number of hydrogen-bond donors (Lipinski definition) is 0. The second-order valence-corrected chi connectivity index (χ2v) is 5.89. The standard InChI is InChI=1S/C17H21O.Li/c1-12-13(2)15(4)17(14(12)3)10-11-18-16-8-6-5-7-9-16;/h5-9H,10-11H2,1-4H3;. The van der Waals surface area contributed by atoms with Gasteiger partial charge in [0.15, 0.2) is 0 Å². The zero-order chi connectivity index (χ0) is 14.0. The second-order valence-electron chi connectivity index (χ2n) is 5.89. The summed E-state index contributed by atoms with van der Waals surface area (Å²) in [6.07, 6.45) is 1.00.